The Kier molecular flexibility index (Phi) is 7.17. The highest BCUT2D eigenvalue weighted by Crippen LogP contribution is 2.35. The van der Waals surface area contributed by atoms with Gasteiger partial charge in [0.2, 0.25) is 5.91 Å². The van der Waals surface area contributed by atoms with Crippen molar-refractivity contribution >= 4 is 11.9 Å². The maximum atomic E-state index is 12.7. The summed E-state index contributed by atoms with van der Waals surface area (Å²) in [6, 6.07) is 8.93. The van der Waals surface area contributed by atoms with Gasteiger partial charge >= 0.3 is 5.97 Å². The van der Waals surface area contributed by atoms with Crippen LogP contribution in [0.1, 0.15) is 51.5 Å². The smallest absolute Gasteiger partial charge is 0.311 e. The molecule has 2 rings (SSSR count). The van der Waals surface area contributed by atoms with E-state index in [2.05, 4.69) is 5.32 Å². The van der Waals surface area contributed by atoms with E-state index in [-0.39, 0.29) is 12.5 Å². The van der Waals surface area contributed by atoms with Crippen LogP contribution >= 0.6 is 0 Å². The average Bonchev–Trinajstić information content (AvgIpc) is 2.64. The number of carbonyl (C=O) groups is 2. The van der Waals surface area contributed by atoms with E-state index >= 15 is 0 Å². The Morgan fingerprint density at radius 2 is 2.08 bits per heavy atom. The number of carbonyl (C=O) groups excluding carboxylic acids is 2. The molecule has 6 heteroatoms. The van der Waals surface area contributed by atoms with Gasteiger partial charge in [0.1, 0.15) is 6.61 Å². The summed E-state index contributed by atoms with van der Waals surface area (Å²) in [6.07, 6.45) is 1.95. The summed E-state index contributed by atoms with van der Waals surface area (Å²) in [5, 5.41) is 13.7. The molecule has 0 aromatic heterocycles. The zero-order valence-corrected chi connectivity index (χ0v) is 15.6. The summed E-state index contributed by atoms with van der Waals surface area (Å²) in [6.45, 7) is 3.76. The van der Waals surface area contributed by atoms with E-state index in [1.165, 1.54) is 0 Å². The minimum absolute atomic E-state index is 0.158. The number of aliphatic hydroxyl groups is 1. The summed E-state index contributed by atoms with van der Waals surface area (Å²) in [7, 11) is 0. The number of nitrogens with one attached hydrogen (secondary N) is 1. The molecule has 6 nitrogen and oxygen atoms in total. The lowest BCUT2D eigenvalue weighted by molar-refractivity contribution is -0.157. The topological polar surface area (TPSA) is 102 Å². The van der Waals surface area contributed by atoms with Gasteiger partial charge in [-0.05, 0) is 38.2 Å². The van der Waals surface area contributed by atoms with Crippen LogP contribution in [0.3, 0.4) is 0 Å². The van der Waals surface area contributed by atoms with Crippen LogP contribution in [0.25, 0.3) is 0 Å². The molecule has 0 aliphatic heterocycles. The Bertz CT molecular complexity index is 607. The zero-order chi connectivity index (χ0) is 19.2. The van der Waals surface area contributed by atoms with E-state index in [4.69, 9.17) is 10.5 Å². The summed E-state index contributed by atoms with van der Waals surface area (Å²) in [4.78, 5) is 24.9. The van der Waals surface area contributed by atoms with Crippen LogP contribution in [0.2, 0.25) is 0 Å². The average molecular weight is 362 g/mol. The van der Waals surface area contributed by atoms with Gasteiger partial charge in [0.05, 0.1) is 17.6 Å². The summed E-state index contributed by atoms with van der Waals surface area (Å²) >= 11 is 0. The minimum atomic E-state index is -1.09. The molecule has 0 bridgehead atoms. The Morgan fingerprint density at radius 3 is 2.73 bits per heavy atom. The molecule has 0 spiro atoms. The van der Waals surface area contributed by atoms with Crippen LogP contribution in [-0.4, -0.2) is 34.7 Å². The third-order valence-corrected chi connectivity index (χ3v) is 5.26. The third-order valence-electron chi connectivity index (χ3n) is 5.26. The van der Waals surface area contributed by atoms with Crippen LogP contribution < -0.4 is 11.1 Å². The van der Waals surface area contributed by atoms with Crippen molar-refractivity contribution in [1.82, 2.24) is 5.32 Å². The van der Waals surface area contributed by atoms with E-state index in [9.17, 15) is 14.7 Å². The largest absolute Gasteiger partial charge is 0.461 e. The van der Waals surface area contributed by atoms with Gasteiger partial charge in [-0.1, -0.05) is 37.3 Å². The second-order valence-electron chi connectivity index (χ2n) is 7.15. The summed E-state index contributed by atoms with van der Waals surface area (Å²) in [5.41, 5.74) is 5.85. The maximum Gasteiger partial charge on any atom is 0.311 e. The maximum absolute atomic E-state index is 12.7. The fraction of sp³-hybridized carbons (Fsp3) is 0.600. The molecule has 1 aromatic rings. The number of hydrogen-bond donors (Lipinski definition) is 3. The number of ether oxygens (including phenoxy) is 1. The molecular weight excluding hydrogens is 332 g/mol. The lowest BCUT2D eigenvalue weighted by Gasteiger charge is -2.47. The van der Waals surface area contributed by atoms with E-state index in [1.807, 2.05) is 37.3 Å². The number of nitrogens with two attached hydrogens (primary N) is 1. The first-order valence-electron chi connectivity index (χ1n) is 9.36. The van der Waals surface area contributed by atoms with Gasteiger partial charge < -0.3 is 20.9 Å². The van der Waals surface area contributed by atoms with Crippen molar-refractivity contribution in [3.63, 3.8) is 0 Å². The monoisotopic (exact) mass is 362 g/mol. The lowest BCUT2D eigenvalue weighted by atomic mass is 9.69. The number of aliphatic hydroxyl groups excluding tert-OH is 1. The van der Waals surface area contributed by atoms with Gasteiger partial charge in [0, 0.05) is 12.5 Å². The van der Waals surface area contributed by atoms with E-state index < -0.39 is 29.6 Å². The van der Waals surface area contributed by atoms with Crippen LogP contribution in [0.4, 0.5) is 0 Å². The highest BCUT2D eigenvalue weighted by molar-refractivity contribution is 5.80. The molecule has 4 atom stereocenters. The first-order chi connectivity index (χ1) is 12.4. The Labute approximate surface area is 155 Å². The number of hydrogen-bond acceptors (Lipinski definition) is 5. The molecule has 1 fully saturated rings. The quantitative estimate of drug-likeness (QED) is 0.643. The number of esters is 1. The molecule has 0 heterocycles. The zero-order valence-electron chi connectivity index (χ0n) is 15.6. The molecule has 1 saturated carbocycles. The molecule has 2 unspecified atom stereocenters. The molecule has 1 aromatic carbocycles. The molecule has 0 radical (unpaired) electrons. The molecular formula is C20H30N2O4. The van der Waals surface area contributed by atoms with Crippen molar-refractivity contribution in [2.75, 3.05) is 0 Å². The molecule has 1 aliphatic rings. The van der Waals surface area contributed by atoms with Crippen molar-refractivity contribution in [3.05, 3.63) is 35.9 Å². The summed E-state index contributed by atoms with van der Waals surface area (Å²) in [5.74, 6) is -1.32. The van der Waals surface area contributed by atoms with Gasteiger partial charge in [0.15, 0.2) is 0 Å². The standard InChI is InChI=1S/C20H30N2O4/c1-3-8-17(23)22-20(12-7-11-16(21)18(20)24)14(2)19(25)26-13-15-9-5-4-6-10-15/h4-6,9-10,14,16,18,24H,3,7-8,11-13,21H2,1-2H3,(H,22,23)/t14?,16-,18?,20+/m1/s1. The second kappa shape index (κ2) is 9.14. The first-order valence-corrected chi connectivity index (χ1v) is 9.36. The fourth-order valence-electron chi connectivity index (χ4n) is 3.65. The molecule has 1 aliphatic carbocycles. The predicted molar refractivity (Wildman–Crippen MR) is 99.0 cm³/mol. The van der Waals surface area contributed by atoms with E-state index in [0.717, 1.165) is 12.0 Å². The lowest BCUT2D eigenvalue weighted by Crippen LogP contribution is -2.68. The van der Waals surface area contributed by atoms with Crippen LogP contribution in [-0.2, 0) is 20.9 Å². The third kappa shape index (κ3) is 4.62. The van der Waals surface area contributed by atoms with E-state index in [0.29, 0.717) is 25.7 Å². The molecule has 26 heavy (non-hydrogen) atoms. The van der Waals surface area contributed by atoms with Crippen molar-refractivity contribution in [3.8, 4) is 0 Å². The van der Waals surface area contributed by atoms with Crippen molar-refractivity contribution < 1.29 is 19.4 Å². The minimum Gasteiger partial charge on any atom is -0.461 e. The fourth-order valence-corrected chi connectivity index (χ4v) is 3.65. The van der Waals surface area contributed by atoms with Gasteiger partial charge in [-0.2, -0.15) is 0 Å². The Balaban J connectivity index is 2.14. The molecule has 144 valence electrons. The van der Waals surface area contributed by atoms with Gasteiger partial charge in [-0.3, -0.25) is 9.59 Å². The number of amides is 1. The molecule has 0 saturated heterocycles. The van der Waals surface area contributed by atoms with Crippen molar-refractivity contribution in [1.29, 1.82) is 0 Å². The second-order valence-corrected chi connectivity index (χ2v) is 7.15. The van der Waals surface area contributed by atoms with Gasteiger partial charge in [-0.15, -0.1) is 0 Å². The summed E-state index contributed by atoms with van der Waals surface area (Å²) < 4.78 is 5.45. The Hall–Kier alpha value is -1.92. The highest BCUT2D eigenvalue weighted by Gasteiger charge is 2.51. The van der Waals surface area contributed by atoms with Crippen molar-refractivity contribution in [2.24, 2.45) is 11.7 Å². The van der Waals surface area contributed by atoms with Crippen LogP contribution in [0.5, 0.6) is 0 Å². The van der Waals surface area contributed by atoms with Crippen LogP contribution in [0, 0.1) is 5.92 Å². The Morgan fingerprint density at radius 1 is 1.38 bits per heavy atom. The first kappa shape index (κ1) is 20.4. The number of rotatable bonds is 7. The van der Waals surface area contributed by atoms with E-state index in [1.54, 1.807) is 6.92 Å². The van der Waals surface area contributed by atoms with Gasteiger partial charge in [0.25, 0.3) is 0 Å². The SMILES string of the molecule is CCCC(=O)N[C@]1(C(C)C(=O)OCc2ccccc2)CCC[C@@H](N)C1O. The van der Waals surface area contributed by atoms with Gasteiger partial charge in [-0.25, -0.2) is 0 Å². The normalized spacial score (nSPS) is 26.8. The molecule has 4 N–H and O–H groups in total. The highest BCUT2D eigenvalue weighted by atomic mass is 16.5. The van der Waals surface area contributed by atoms with Crippen LogP contribution in [0.15, 0.2) is 30.3 Å². The number of benzene rings is 1. The predicted octanol–water partition coefficient (Wildman–Crippen LogP) is 1.89. The molecule has 1 amide bonds. The van der Waals surface area contributed by atoms with Crippen molar-refractivity contribution in [2.45, 2.75) is 70.2 Å².